The molecule has 1 heterocycles. The molecule has 25 heavy (non-hydrogen) atoms. The Morgan fingerprint density at radius 1 is 1.12 bits per heavy atom. The van der Waals surface area contributed by atoms with Crippen molar-refractivity contribution < 1.29 is 14.3 Å². The quantitative estimate of drug-likeness (QED) is 0.898. The summed E-state index contributed by atoms with van der Waals surface area (Å²) in [4.78, 5) is 14.4. The third-order valence-electron chi connectivity index (χ3n) is 4.92. The van der Waals surface area contributed by atoms with E-state index < -0.39 is 6.10 Å². The van der Waals surface area contributed by atoms with Gasteiger partial charge in [-0.15, -0.1) is 0 Å². The number of aliphatic hydroxyl groups is 1. The maximum Gasteiger partial charge on any atom is 0.253 e. The summed E-state index contributed by atoms with van der Waals surface area (Å²) < 4.78 is 13.0. The van der Waals surface area contributed by atoms with E-state index in [9.17, 15) is 14.3 Å². The topological polar surface area (TPSA) is 66.6 Å². The molecule has 0 bridgehead atoms. The molecule has 3 N–H and O–H groups in total. The summed E-state index contributed by atoms with van der Waals surface area (Å²) >= 11 is 0. The molecular weight excluding hydrogens is 319 g/mol. The van der Waals surface area contributed by atoms with E-state index in [1.54, 1.807) is 12.1 Å². The van der Waals surface area contributed by atoms with Gasteiger partial charge in [-0.1, -0.05) is 24.3 Å². The molecule has 0 spiro atoms. The van der Waals surface area contributed by atoms with Crippen LogP contribution in [0.2, 0.25) is 0 Å². The van der Waals surface area contributed by atoms with Crippen molar-refractivity contribution >= 4 is 5.91 Å². The van der Waals surface area contributed by atoms with Crippen LogP contribution in [0.25, 0.3) is 0 Å². The van der Waals surface area contributed by atoms with Crippen molar-refractivity contribution in [3.8, 4) is 0 Å². The molecule has 3 rings (SSSR count). The third-order valence-corrected chi connectivity index (χ3v) is 4.92. The predicted octanol–water partition coefficient (Wildman–Crippen LogP) is 2.87. The molecule has 5 heteroatoms. The summed E-state index contributed by atoms with van der Waals surface area (Å²) in [5.41, 5.74) is 7.96. The van der Waals surface area contributed by atoms with Gasteiger partial charge in [0.15, 0.2) is 0 Å². The lowest BCUT2D eigenvalue weighted by Crippen LogP contribution is -2.39. The smallest absolute Gasteiger partial charge is 0.253 e. The number of aliphatic hydroxyl groups excluding tert-OH is 1. The van der Waals surface area contributed by atoms with Gasteiger partial charge in [-0.25, -0.2) is 4.39 Å². The molecular formula is C20H23FN2O2. The van der Waals surface area contributed by atoms with Crippen LogP contribution in [0.4, 0.5) is 4.39 Å². The fourth-order valence-corrected chi connectivity index (χ4v) is 3.32. The summed E-state index contributed by atoms with van der Waals surface area (Å²) in [5, 5.41) is 10.5. The third kappa shape index (κ3) is 4.06. The van der Waals surface area contributed by atoms with Crippen LogP contribution in [0.15, 0.2) is 48.5 Å². The summed E-state index contributed by atoms with van der Waals surface area (Å²) in [6.07, 6.45) is 0.831. The number of halogens is 1. The van der Waals surface area contributed by atoms with Crippen LogP contribution in [-0.2, 0) is 6.54 Å². The highest BCUT2D eigenvalue weighted by Gasteiger charge is 2.28. The molecule has 2 aromatic carbocycles. The van der Waals surface area contributed by atoms with Crippen molar-refractivity contribution in [2.45, 2.75) is 25.5 Å². The molecule has 1 saturated heterocycles. The molecule has 0 unspecified atom stereocenters. The molecule has 1 aliphatic rings. The zero-order valence-electron chi connectivity index (χ0n) is 14.1. The normalized spacial score (nSPS) is 16.7. The number of rotatable bonds is 4. The van der Waals surface area contributed by atoms with Crippen molar-refractivity contribution in [3.63, 3.8) is 0 Å². The van der Waals surface area contributed by atoms with Gasteiger partial charge in [0.25, 0.3) is 5.91 Å². The Labute approximate surface area is 147 Å². The van der Waals surface area contributed by atoms with E-state index in [4.69, 9.17) is 5.73 Å². The highest BCUT2D eigenvalue weighted by molar-refractivity contribution is 5.94. The van der Waals surface area contributed by atoms with Gasteiger partial charge >= 0.3 is 0 Å². The molecule has 1 fully saturated rings. The van der Waals surface area contributed by atoms with Gasteiger partial charge in [0.2, 0.25) is 0 Å². The molecule has 4 nitrogen and oxygen atoms in total. The first-order chi connectivity index (χ1) is 12.1. The van der Waals surface area contributed by atoms with Gasteiger partial charge in [-0.3, -0.25) is 4.79 Å². The van der Waals surface area contributed by atoms with Crippen LogP contribution in [-0.4, -0.2) is 29.0 Å². The molecule has 0 radical (unpaired) electrons. The minimum atomic E-state index is -0.623. The SMILES string of the molecule is NCc1ccc(C(=O)N2CCC([C@@H](O)c3ccc(F)cc3)CC2)cc1. The van der Waals surface area contributed by atoms with Crippen molar-refractivity contribution in [1.82, 2.24) is 4.90 Å². The monoisotopic (exact) mass is 342 g/mol. The molecule has 0 aromatic heterocycles. The summed E-state index contributed by atoms with van der Waals surface area (Å²) in [6, 6.07) is 13.3. The maximum absolute atomic E-state index is 13.0. The van der Waals surface area contributed by atoms with Gasteiger partial charge in [0.1, 0.15) is 5.82 Å². The zero-order chi connectivity index (χ0) is 17.8. The average molecular weight is 342 g/mol. The maximum atomic E-state index is 13.0. The molecule has 1 atom stereocenters. The molecule has 2 aromatic rings. The second-order valence-corrected chi connectivity index (χ2v) is 6.53. The fourth-order valence-electron chi connectivity index (χ4n) is 3.32. The first-order valence-electron chi connectivity index (χ1n) is 8.60. The molecule has 132 valence electrons. The zero-order valence-corrected chi connectivity index (χ0v) is 14.1. The Morgan fingerprint density at radius 2 is 1.72 bits per heavy atom. The van der Waals surface area contributed by atoms with Crippen LogP contribution in [0.1, 0.15) is 40.4 Å². The van der Waals surface area contributed by atoms with E-state index in [2.05, 4.69) is 0 Å². The van der Waals surface area contributed by atoms with Crippen LogP contribution in [0.3, 0.4) is 0 Å². The lowest BCUT2D eigenvalue weighted by Gasteiger charge is -2.34. The molecule has 0 aliphatic carbocycles. The van der Waals surface area contributed by atoms with Crippen molar-refractivity contribution in [3.05, 3.63) is 71.0 Å². The first-order valence-corrected chi connectivity index (χ1v) is 8.60. The number of nitrogens with two attached hydrogens (primary N) is 1. The average Bonchev–Trinajstić information content (AvgIpc) is 2.67. The van der Waals surface area contributed by atoms with Crippen LogP contribution >= 0.6 is 0 Å². The number of likely N-dealkylation sites (tertiary alicyclic amines) is 1. The summed E-state index contributed by atoms with van der Waals surface area (Å²) in [5.74, 6) is -0.218. The predicted molar refractivity (Wildman–Crippen MR) is 94.3 cm³/mol. The second kappa shape index (κ2) is 7.76. The van der Waals surface area contributed by atoms with Crippen molar-refractivity contribution in [1.29, 1.82) is 0 Å². The Hall–Kier alpha value is -2.24. The van der Waals surface area contributed by atoms with Crippen molar-refractivity contribution in [2.75, 3.05) is 13.1 Å². The standard InChI is InChI=1S/C20H23FN2O2/c21-18-7-5-15(6-8-18)19(24)16-9-11-23(12-10-16)20(25)17-3-1-14(13-22)2-4-17/h1-8,16,19,24H,9-13,22H2/t19-/m0/s1. The van der Waals surface area contributed by atoms with E-state index in [1.165, 1.54) is 12.1 Å². The summed E-state index contributed by atoms with van der Waals surface area (Å²) in [6.45, 7) is 1.68. The fraction of sp³-hybridized carbons (Fsp3) is 0.350. The van der Waals surface area contributed by atoms with Gasteiger partial charge < -0.3 is 15.7 Å². The lowest BCUT2D eigenvalue weighted by molar-refractivity contribution is 0.0462. The van der Waals surface area contributed by atoms with Crippen LogP contribution < -0.4 is 5.73 Å². The van der Waals surface area contributed by atoms with E-state index in [0.717, 1.165) is 24.0 Å². The van der Waals surface area contributed by atoms with E-state index >= 15 is 0 Å². The Kier molecular flexibility index (Phi) is 5.46. The van der Waals surface area contributed by atoms with E-state index in [1.807, 2.05) is 29.2 Å². The minimum absolute atomic E-state index is 0.0123. The first kappa shape index (κ1) is 17.6. The van der Waals surface area contributed by atoms with Crippen LogP contribution in [0, 0.1) is 11.7 Å². The lowest BCUT2D eigenvalue weighted by atomic mass is 9.87. The Morgan fingerprint density at radius 3 is 2.28 bits per heavy atom. The number of carbonyl (C=O) groups excluding carboxylic acids is 1. The Bertz CT molecular complexity index is 707. The van der Waals surface area contributed by atoms with Crippen LogP contribution in [0.5, 0.6) is 0 Å². The largest absolute Gasteiger partial charge is 0.388 e. The Balaban J connectivity index is 1.59. The van der Waals surface area contributed by atoms with E-state index in [-0.39, 0.29) is 17.6 Å². The number of hydrogen-bond acceptors (Lipinski definition) is 3. The number of piperidine rings is 1. The van der Waals surface area contributed by atoms with Crippen molar-refractivity contribution in [2.24, 2.45) is 11.7 Å². The van der Waals surface area contributed by atoms with Gasteiger partial charge in [0, 0.05) is 25.2 Å². The number of nitrogens with zero attached hydrogens (tertiary/aromatic N) is 1. The number of carbonyl (C=O) groups is 1. The second-order valence-electron chi connectivity index (χ2n) is 6.53. The number of benzene rings is 2. The minimum Gasteiger partial charge on any atom is -0.388 e. The molecule has 1 amide bonds. The summed E-state index contributed by atoms with van der Waals surface area (Å²) in [7, 11) is 0. The molecule has 1 aliphatic heterocycles. The number of amides is 1. The highest BCUT2D eigenvalue weighted by atomic mass is 19.1. The molecule has 0 saturated carbocycles. The highest BCUT2D eigenvalue weighted by Crippen LogP contribution is 2.31. The van der Waals surface area contributed by atoms with E-state index in [0.29, 0.717) is 25.2 Å². The van der Waals surface area contributed by atoms with Gasteiger partial charge in [0.05, 0.1) is 6.10 Å². The van der Waals surface area contributed by atoms with Gasteiger partial charge in [-0.05, 0) is 54.2 Å². The number of hydrogen-bond donors (Lipinski definition) is 2. The van der Waals surface area contributed by atoms with Gasteiger partial charge in [-0.2, -0.15) is 0 Å².